The Bertz CT molecular complexity index is 506. The number of aromatic nitrogens is 2. The number of morpholine rings is 1. The first-order valence-corrected chi connectivity index (χ1v) is 8.23. The summed E-state index contributed by atoms with van der Waals surface area (Å²) in [4.78, 5) is 13.1. The molecule has 1 aliphatic carbocycles. The molecule has 1 atom stereocenters. The maximum Gasteiger partial charge on any atom is 0.135 e. The SMILES string of the molecule is CN(CC(O)CN1CCOCC1)c1cc(Cl)nc(C2CC2)n1. The zero-order valence-corrected chi connectivity index (χ0v) is 13.7. The molecule has 1 aromatic heterocycles. The van der Waals surface area contributed by atoms with Gasteiger partial charge in [-0.2, -0.15) is 0 Å². The Hall–Kier alpha value is -0.950. The predicted molar refractivity (Wildman–Crippen MR) is 85.6 cm³/mol. The normalized spacial score (nSPS) is 20.9. The molecule has 1 aromatic rings. The number of hydrogen-bond donors (Lipinski definition) is 1. The topological polar surface area (TPSA) is 61.7 Å². The van der Waals surface area contributed by atoms with Crippen molar-refractivity contribution in [2.75, 3.05) is 51.3 Å². The van der Waals surface area contributed by atoms with Gasteiger partial charge in [-0.3, -0.25) is 4.90 Å². The highest BCUT2D eigenvalue weighted by molar-refractivity contribution is 6.29. The van der Waals surface area contributed by atoms with E-state index in [1.54, 1.807) is 6.07 Å². The Kier molecular flexibility index (Phi) is 5.13. The van der Waals surface area contributed by atoms with E-state index in [-0.39, 0.29) is 0 Å². The molecule has 1 N–H and O–H groups in total. The quantitative estimate of drug-likeness (QED) is 0.791. The molecule has 6 nitrogen and oxygen atoms in total. The zero-order chi connectivity index (χ0) is 15.5. The van der Waals surface area contributed by atoms with Crippen molar-refractivity contribution in [2.24, 2.45) is 0 Å². The van der Waals surface area contributed by atoms with E-state index in [0.717, 1.165) is 50.8 Å². The Labute approximate surface area is 136 Å². The molecule has 7 heteroatoms. The van der Waals surface area contributed by atoms with Gasteiger partial charge in [0.1, 0.15) is 16.8 Å². The third kappa shape index (κ3) is 4.29. The lowest BCUT2D eigenvalue weighted by molar-refractivity contribution is 0.0162. The van der Waals surface area contributed by atoms with Gasteiger partial charge in [-0.1, -0.05) is 11.6 Å². The number of likely N-dealkylation sites (N-methyl/N-ethyl adjacent to an activating group) is 1. The largest absolute Gasteiger partial charge is 0.390 e. The zero-order valence-electron chi connectivity index (χ0n) is 12.9. The molecule has 1 aliphatic heterocycles. The van der Waals surface area contributed by atoms with Gasteiger partial charge in [-0.15, -0.1) is 0 Å². The van der Waals surface area contributed by atoms with Crippen LogP contribution in [-0.4, -0.2) is 72.5 Å². The minimum absolute atomic E-state index is 0.429. The van der Waals surface area contributed by atoms with Crippen molar-refractivity contribution in [3.8, 4) is 0 Å². The number of aliphatic hydroxyl groups is 1. The number of rotatable bonds is 6. The molecule has 0 spiro atoms. The van der Waals surface area contributed by atoms with Crippen molar-refractivity contribution < 1.29 is 9.84 Å². The second-order valence-electron chi connectivity index (χ2n) is 6.13. The molecule has 1 saturated heterocycles. The van der Waals surface area contributed by atoms with Crippen molar-refractivity contribution in [1.29, 1.82) is 0 Å². The number of anilines is 1. The average Bonchev–Trinajstić information content (AvgIpc) is 3.32. The third-order valence-corrected chi connectivity index (χ3v) is 4.28. The summed E-state index contributed by atoms with van der Waals surface area (Å²) in [5.74, 6) is 2.07. The van der Waals surface area contributed by atoms with Crippen molar-refractivity contribution in [2.45, 2.75) is 24.9 Å². The van der Waals surface area contributed by atoms with Crippen LogP contribution < -0.4 is 4.90 Å². The lowest BCUT2D eigenvalue weighted by Crippen LogP contribution is -2.44. The summed E-state index contributed by atoms with van der Waals surface area (Å²) in [6, 6.07) is 1.76. The number of nitrogens with zero attached hydrogens (tertiary/aromatic N) is 4. The van der Waals surface area contributed by atoms with E-state index in [1.165, 1.54) is 0 Å². The molecule has 1 saturated carbocycles. The van der Waals surface area contributed by atoms with E-state index >= 15 is 0 Å². The van der Waals surface area contributed by atoms with Gasteiger partial charge in [0.25, 0.3) is 0 Å². The summed E-state index contributed by atoms with van der Waals surface area (Å²) in [7, 11) is 1.93. The van der Waals surface area contributed by atoms with Crippen LogP contribution in [0.15, 0.2) is 6.07 Å². The lowest BCUT2D eigenvalue weighted by atomic mass is 10.2. The van der Waals surface area contributed by atoms with E-state index in [2.05, 4.69) is 14.9 Å². The molecule has 122 valence electrons. The van der Waals surface area contributed by atoms with Crippen LogP contribution >= 0.6 is 11.6 Å². The van der Waals surface area contributed by atoms with Gasteiger partial charge in [0.15, 0.2) is 0 Å². The molecule has 2 heterocycles. The predicted octanol–water partition coefficient (Wildman–Crippen LogP) is 1.14. The van der Waals surface area contributed by atoms with Gasteiger partial charge in [-0.05, 0) is 12.8 Å². The van der Waals surface area contributed by atoms with Crippen LogP contribution in [0, 0.1) is 0 Å². The van der Waals surface area contributed by atoms with E-state index < -0.39 is 6.10 Å². The molecular formula is C15H23ClN4O2. The summed E-state index contributed by atoms with van der Waals surface area (Å²) in [6.07, 6.45) is 1.85. The van der Waals surface area contributed by atoms with Crippen LogP contribution in [0.5, 0.6) is 0 Å². The van der Waals surface area contributed by atoms with Crippen molar-refractivity contribution in [3.63, 3.8) is 0 Å². The number of aliphatic hydroxyl groups excluding tert-OH is 1. The minimum atomic E-state index is -0.429. The van der Waals surface area contributed by atoms with Crippen LogP contribution in [0.3, 0.4) is 0 Å². The Balaban J connectivity index is 1.57. The molecule has 0 bridgehead atoms. The Morgan fingerprint density at radius 2 is 2.14 bits per heavy atom. The number of halogens is 1. The fourth-order valence-corrected chi connectivity index (χ4v) is 2.88. The lowest BCUT2D eigenvalue weighted by Gasteiger charge is -2.30. The number of β-amino-alcohol motifs (C(OH)–C–C–N with tert-alkyl or cyclic N) is 1. The fourth-order valence-electron chi connectivity index (χ4n) is 2.69. The van der Waals surface area contributed by atoms with E-state index in [9.17, 15) is 5.11 Å². The van der Waals surface area contributed by atoms with Crippen LogP contribution in [-0.2, 0) is 4.74 Å². The molecule has 1 unspecified atom stereocenters. The summed E-state index contributed by atoms with van der Waals surface area (Å²) in [5, 5.41) is 10.8. The van der Waals surface area contributed by atoms with Crippen LogP contribution in [0.4, 0.5) is 5.82 Å². The second-order valence-corrected chi connectivity index (χ2v) is 6.52. The first-order chi connectivity index (χ1) is 10.6. The van der Waals surface area contributed by atoms with Gasteiger partial charge in [0, 0.05) is 45.2 Å². The third-order valence-electron chi connectivity index (χ3n) is 4.09. The molecule has 3 rings (SSSR count). The second kappa shape index (κ2) is 7.08. The van der Waals surface area contributed by atoms with E-state index in [0.29, 0.717) is 24.2 Å². The van der Waals surface area contributed by atoms with Gasteiger partial charge in [0.05, 0.1) is 19.3 Å². The standard InChI is InChI=1S/C15H23ClN4O2/c1-19(9-12(21)10-20-4-6-22-7-5-20)14-8-13(16)17-15(18-14)11-2-3-11/h8,11-12,21H,2-7,9-10H2,1H3. The summed E-state index contributed by atoms with van der Waals surface area (Å²) in [5.41, 5.74) is 0. The van der Waals surface area contributed by atoms with Crippen LogP contribution in [0.25, 0.3) is 0 Å². The highest BCUT2D eigenvalue weighted by Crippen LogP contribution is 2.39. The van der Waals surface area contributed by atoms with Crippen molar-refractivity contribution >= 4 is 17.4 Å². The van der Waals surface area contributed by atoms with Crippen LogP contribution in [0.1, 0.15) is 24.6 Å². The van der Waals surface area contributed by atoms with Crippen molar-refractivity contribution in [1.82, 2.24) is 14.9 Å². The average molecular weight is 327 g/mol. The molecule has 0 amide bonds. The Morgan fingerprint density at radius 1 is 1.41 bits per heavy atom. The fraction of sp³-hybridized carbons (Fsp3) is 0.733. The minimum Gasteiger partial charge on any atom is -0.390 e. The summed E-state index contributed by atoms with van der Waals surface area (Å²) >= 11 is 6.10. The molecule has 22 heavy (non-hydrogen) atoms. The highest BCUT2D eigenvalue weighted by atomic mass is 35.5. The molecule has 0 radical (unpaired) electrons. The highest BCUT2D eigenvalue weighted by Gasteiger charge is 2.27. The van der Waals surface area contributed by atoms with Gasteiger partial charge < -0.3 is 14.7 Å². The maximum absolute atomic E-state index is 10.3. The van der Waals surface area contributed by atoms with E-state index in [1.807, 2.05) is 11.9 Å². The first kappa shape index (κ1) is 15.9. The van der Waals surface area contributed by atoms with Gasteiger partial charge in [0.2, 0.25) is 0 Å². The molecule has 2 fully saturated rings. The first-order valence-electron chi connectivity index (χ1n) is 7.85. The summed E-state index contributed by atoms with van der Waals surface area (Å²) < 4.78 is 5.32. The van der Waals surface area contributed by atoms with E-state index in [4.69, 9.17) is 16.3 Å². The molecule has 0 aromatic carbocycles. The molecule has 2 aliphatic rings. The Morgan fingerprint density at radius 3 is 2.82 bits per heavy atom. The van der Waals surface area contributed by atoms with Gasteiger partial charge >= 0.3 is 0 Å². The van der Waals surface area contributed by atoms with Crippen molar-refractivity contribution in [3.05, 3.63) is 17.0 Å². The smallest absolute Gasteiger partial charge is 0.135 e. The maximum atomic E-state index is 10.3. The molecular weight excluding hydrogens is 304 g/mol. The summed E-state index contributed by atoms with van der Waals surface area (Å²) in [6.45, 7) is 4.43. The number of ether oxygens (including phenoxy) is 1. The van der Waals surface area contributed by atoms with Crippen LogP contribution in [0.2, 0.25) is 5.15 Å². The monoisotopic (exact) mass is 326 g/mol. The number of hydrogen-bond acceptors (Lipinski definition) is 6. The van der Waals surface area contributed by atoms with Gasteiger partial charge in [-0.25, -0.2) is 9.97 Å².